The Morgan fingerprint density at radius 1 is 1.15 bits per heavy atom. The fourth-order valence-electron chi connectivity index (χ4n) is 3.54. The number of primary amides is 1. The number of halogens is 2. The first-order valence-corrected chi connectivity index (χ1v) is 10.8. The van der Waals surface area contributed by atoms with Crippen molar-refractivity contribution in [1.82, 2.24) is 19.9 Å². The lowest BCUT2D eigenvalue weighted by atomic mass is 10.2. The van der Waals surface area contributed by atoms with E-state index in [9.17, 15) is 4.79 Å². The van der Waals surface area contributed by atoms with Crippen LogP contribution in [0, 0.1) is 0 Å². The molecule has 34 heavy (non-hydrogen) atoms. The van der Waals surface area contributed by atoms with Gasteiger partial charge in [-0.05, 0) is 37.4 Å². The van der Waals surface area contributed by atoms with Crippen LogP contribution in [0.1, 0.15) is 10.5 Å². The van der Waals surface area contributed by atoms with Gasteiger partial charge in [0.15, 0.2) is 11.5 Å². The van der Waals surface area contributed by atoms with Gasteiger partial charge in [-0.1, -0.05) is 11.6 Å². The van der Waals surface area contributed by atoms with Crippen molar-refractivity contribution in [2.24, 2.45) is 5.73 Å². The van der Waals surface area contributed by atoms with Gasteiger partial charge in [0, 0.05) is 38.1 Å². The van der Waals surface area contributed by atoms with Gasteiger partial charge < -0.3 is 30.9 Å². The zero-order valence-corrected chi connectivity index (χ0v) is 20.4. The Kier molecular flexibility index (Phi) is 8.32. The van der Waals surface area contributed by atoms with Crippen molar-refractivity contribution in [2.45, 2.75) is 0 Å². The van der Waals surface area contributed by atoms with Crippen LogP contribution >= 0.6 is 24.0 Å². The Morgan fingerprint density at radius 2 is 1.91 bits per heavy atom. The number of nitrogens with one attached hydrogen (secondary N) is 2. The van der Waals surface area contributed by atoms with E-state index in [1.807, 2.05) is 18.2 Å². The van der Waals surface area contributed by atoms with Gasteiger partial charge in [0.25, 0.3) is 5.91 Å². The molecule has 3 aromatic rings. The zero-order valence-electron chi connectivity index (χ0n) is 18.8. The van der Waals surface area contributed by atoms with Crippen LogP contribution in [-0.4, -0.2) is 66.1 Å². The minimum absolute atomic E-state index is 0. The maximum atomic E-state index is 11.7. The third-order valence-corrected chi connectivity index (χ3v) is 5.59. The van der Waals surface area contributed by atoms with Gasteiger partial charge in [-0.3, -0.25) is 4.79 Å². The number of likely N-dealkylation sites (N-methyl/N-ethyl adjacent to an activating group) is 1. The van der Waals surface area contributed by atoms with Crippen molar-refractivity contribution in [3.05, 3.63) is 53.4 Å². The minimum Gasteiger partial charge on any atom is -0.495 e. The highest BCUT2D eigenvalue weighted by Gasteiger charge is 2.19. The molecule has 0 saturated carbocycles. The number of nitrogens with two attached hydrogens (primary N) is 1. The highest BCUT2D eigenvalue weighted by atomic mass is 35.5. The van der Waals surface area contributed by atoms with E-state index in [-0.39, 0.29) is 23.1 Å². The van der Waals surface area contributed by atoms with E-state index in [0.717, 1.165) is 43.3 Å². The number of hydrogen-bond acceptors (Lipinski definition) is 9. The Balaban J connectivity index is 0.00000324. The SMILES string of the molecule is COc1ccc(Nc2ncc(Cl)c(Nc3cccnc3C(N)=O)n2)cc1N1CCN(C)CC1.Cl. The second kappa shape index (κ2) is 11.2. The number of anilines is 5. The molecule has 1 amide bonds. The number of amides is 1. The number of pyridine rings is 1. The van der Waals surface area contributed by atoms with E-state index in [1.54, 1.807) is 19.2 Å². The molecule has 1 aliphatic rings. The molecule has 4 N–H and O–H groups in total. The molecule has 0 radical (unpaired) electrons. The fourth-order valence-corrected chi connectivity index (χ4v) is 3.67. The summed E-state index contributed by atoms with van der Waals surface area (Å²) < 4.78 is 5.58. The Bertz CT molecular complexity index is 1160. The first-order valence-electron chi connectivity index (χ1n) is 10.4. The van der Waals surface area contributed by atoms with Gasteiger partial charge >= 0.3 is 0 Å². The van der Waals surface area contributed by atoms with E-state index >= 15 is 0 Å². The smallest absolute Gasteiger partial charge is 0.269 e. The molecular formula is C22H26Cl2N8O2. The highest BCUT2D eigenvalue weighted by Crippen LogP contribution is 2.33. The van der Waals surface area contributed by atoms with Gasteiger partial charge in [0.2, 0.25) is 5.95 Å². The summed E-state index contributed by atoms with van der Waals surface area (Å²) >= 11 is 6.28. The number of benzene rings is 1. The average Bonchev–Trinajstić information content (AvgIpc) is 2.82. The van der Waals surface area contributed by atoms with E-state index in [1.165, 1.54) is 12.4 Å². The summed E-state index contributed by atoms with van der Waals surface area (Å²) in [5.74, 6) is 0.801. The molecule has 4 rings (SSSR count). The highest BCUT2D eigenvalue weighted by molar-refractivity contribution is 6.33. The van der Waals surface area contributed by atoms with Gasteiger partial charge in [0.05, 0.1) is 24.7 Å². The van der Waals surface area contributed by atoms with E-state index in [4.69, 9.17) is 22.1 Å². The second-order valence-corrected chi connectivity index (χ2v) is 7.99. The Morgan fingerprint density at radius 3 is 2.62 bits per heavy atom. The lowest BCUT2D eigenvalue weighted by Gasteiger charge is -2.34. The minimum atomic E-state index is -0.656. The molecule has 2 aromatic heterocycles. The first kappa shape index (κ1) is 25.3. The quantitative estimate of drug-likeness (QED) is 0.444. The summed E-state index contributed by atoms with van der Waals surface area (Å²) in [4.78, 5) is 29.0. The van der Waals surface area contributed by atoms with Crippen LogP contribution in [0.15, 0.2) is 42.7 Å². The number of ether oxygens (including phenoxy) is 1. The maximum absolute atomic E-state index is 11.7. The molecule has 0 unspecified atom stereocenters. The molecule has 1 aromatic carbocycles. The molecule has 3 heterocycles. The summed E-state index contributed by atoms with van der Waals surface area (Å²) in [6.45, 7) is 3.79. The van der Waals surface area contributed by atoms with Crippen LogP contribution in [0.5, 0.6) is 5.75 Å². The molecule has 1 aliphatic heterocycles. The predicted octanol–water partition coefficient (Wildman–Crippen LogP) is 3.29. The molecule has 180 valence electrons. The first-order chi connectivity index (χ1) is 15.9. The van der Waals surface area contributed by atoms with Crippen LogP contribution < -0.4 is 26.0 Å². The monoisotopic (exact) mass is 504 g/mol. The molecule has 10 nitrogen and oxygen atoms in total. The van der Waals surface area contributed by atoms with Crippen LogP contribution in [0.25, 0.3) is 0 Å². The average molecular weight is 505 g/mol. The molecule has 1 fully saturated rings. The third-order valence-electron chi connectivity index (χ3n) is 5.32. The fraction of sp³-hybridized carbons (Fsp3) is 0.273. The standard InChI is InChI=1S/C22H25ClN8O2.ClH/c1-30-8-10-31(11-9-30)17-12-14(5-6-18(17)33-2)27-22-26-13-15(23)21(29-22)28-16-4-3-7-25-19(16)20(24)32;/h3-7,12-13H,8-11H2,1-2H3,(H2,24,32)(H2,26,27,28,29);1H. The summed E-state index contributed by atoms with van der Waals surface area (Å²) in [6, 6.07) is 9.18. The van der Waals surface area contributed by atoms with E-state index in [2.05, 4.69) is 42.4 Å². The van der Waals surface area contributed by atoms with E-state index in [0.29, 0.717) is 17.5 Å². The number of methoxy groups -OCH3 is 1. The van der Waals surface area contributed by atoms with Crippen LogP contribution in [-0.2, 0) is 0 Å². The number of carbonyl (C=O) groups excluding carboxylic acids is 1. The van der Waals surface area contributed by atoms with Crippen LogP contribution in [0.4, 0.5) is 28.8 Å². The largest absolute Gasteiger partial charge is 0.495 e. The molecule has 1 saturated heterocycles. The van der Waals surface area contributed by atoms with Crippen LogP contribution in [0.3, 0.4) is 0 Å². The predicted molar refractivity (Wildman–Crippen MR) is 136 cm³/mol. The third kappa shape index (κ3) is 5.77. The summed E-state index contributed by atoms with van der Waals surface area (Å²) in [5, 5.41) is 6.51. The second-order valence-electron chi connectivity index (χ2n) is 7.58. The van der Waals surface area contributed by atoms with E-state index < -0.39 is 5.91 Å². The van der Waals surface area contributed by atoms with Gasteiger partial charge in [-0.15, -0.1) is 12.4 Å². The number of aromatic nitrogens is 3. The van der Waals surface area contributed by atoms with Gasteiger partial charge in [0.1, 0.15) is 10.8 Å². The Hall–Kier alpha value is -3.34. The molecule has 0 atom stereocenters. The number of nitrogens with zero attached hydrogens (tertiary/aromatic N) is 5. The maximum Gasteiger partial charge on any atom is 0.269 e. The molecule has 0 spiro atoms. The van der Waals surface area contributed by atoms with Crippen molar-refractivity contribution in [3.63, 3.8) is 0 Å². The number of carbonyl (C=O) groups is 1. The lowest BCUT2D eigenvalue weighted by Crippen LogP contribution is -2.44. The number of rotatable bonds is 7. The van der Waals surface area contributed by atoms with Crippen molar-refractivity contribution < 1.29 is 9.53 Å². The summed E-state index contributed by atoms with van der Waals surface area (Å²) in [6.07, 6.45) is 2.96. The number of hydrogen-bond donors (Lipinski definition) is 3. The molecule has 0 bridgehead atoms. The molecule has 12 heteroatoms. The van der Waals surface area contributed by atoms with Crippen molar-refractivity contribution >= 4 is 58.7 Å². The van der Waals surface area contributed by atoms with Crippen molar-refractivity contribution in [1.29, 1.82) is 0 Å². The normalized spacial score (nSPS) is 13.7. The molecule has 0 aliphatic carbocycles. The van der Waals surface area contributed by atoms with Gasteiger partial charge in [-0.25, -0.2) is 9.97 Å². The zero-order chi connectivity index (χ0) is 23.4. The van der Waals surface area contributed by atoms with Crippen molar-refractivity contribution in [3.8, 4) is 5.75 Å². The molecular weight excluding hydrogens is 479 g/mol. The van der Waals surface area contributed by atoms with Crippen molar-refractivity contribution in [2.75, 3.05) is 55.9 Å². The Labute approximate surface area is 208 Å². The van der Waals surface area contributed by atoms with Gasteiger partial charge in [-0.2, -0.15) is 4.98 Å². The lowest BCUT2D eigenvalue weighted by molar-refractivity contribution is 0.0996. The topological polar surface area (TPSA) is 122 Å². The number of piperazine rings is 1. The summed E-state index contributed by atoms with van der Waals surface area (Å²) in [5.41, 5.74) is 7.71. The summed E-state index contributed by atoms with van der Waals surface area (Å²) in [7, 11) is 3.79. The van der Waals surface area contributed by atoms with Crippen LogP contribution in [0.2, 0.25) is 5.02 Å².